The molecule has 0 spiro atoms. The fraction of sp³-hybridized carbons (Fsp3) is 0.0556. The second-order valence-electron chi connectivity index (χ2n) is 5.22. The fourth-order valence-electron chi connectivity index (χ4n) is 2.34. The van der Waals surface area contributed by atoms with Gasteiger partial charge in [-0.15, -0.1) is 0 Å². The van der Waals surface area contributed by atoms with Gasteiger partial charge in [0, 0.05) is 12.3 Å². The molecular formula is C18H16N2O3S. The van der Waals surface area contributed by atoms with E-state index in [1.807, 2.05) is 36.4 Å². The van der Waals surface area contributed by atoms with Crippen molar-refractivity contribution >= 4 is 15.7 Å². The first-order valence-corrected chi connectivity index (χ1v) is 8.82. The number of rotatable bonds is 5. The van der Waals surface area contributed by atoms with Crippen LogP contribution in [0.25, 0.3) is 0 Å². The zero-order chi connectivity index (χ0) is 17.0. The highest BCUT2D eigenvalue weighted by molar-refractivity contribution is 7.92. The summed E-state index contributed by atoms with van der Waals surface area (Å²) in [5.41, 5.74) is 1.09. The third kappa shape index (κ3) is 3.38. The van der Waals surface area contributed by atoms with Gasteiger partial charge in [-0.05, 0) is 23.8 Å². The highest BCUT2D eigenvalue weighted by Crippen LogP contribution is 2.25. The summed E-state index contributed by atoms with van der Waals surface area (Å²) in [7, 11) is -3.81. The molecule has 2 aromatic carbocycles. The topological polar surface area (TPSA) is 70.2 Å². The van der Waals surface area contributed by atoms with Crippen molar-refractivity contribution in [3.63, 3.8) is 0 Å². The summed E-state index contributed by atoms with van der Waals surface area (Å²) >= 11 is 0. The normalized spacial score (nSPS) is 11.2. The number of H-pyrrole nitrogens is 1. The van der Waals surface area contributed by atoms with E-state index < -0.39 is 10.0 Å². The number of hydrogen-bond donors (Lipinski definition) is 1. The minimum absolute atomic E-state index is 0.0434. The molecule has 6 heteroatoms. The fourth-order valence-corrected chi connectivity index (χ4v) is 3.76. The van der Waals surface area contributed by atoms with Crippen molar-refractivity contribution in [1.29, 1.82) is 0 Å². The third-order valence-electron chi connectivity index (χ3n) is 3.56. The van der Waals surface area contributed by atoms with Gasteiger partial charge in [0.05, 0.1) is 12.2 Å². The van der Waals surface area contributed by atoms with E-state index in [1.54, 1.807) is 24.3 Å². The highest BCUT2D eigenvalue weighted by atomic mass is 32.2. The summed E-state index contributed by atoms with van der Waals surface area (Å²) < 4.78 is 27.4. The Morgan fingerprint density at radius 1 is 0.833 bits per heavy atom. The van der Waals surface area contributed by atoms with Gasteiger partial charge >= 0.3 is 0 Å². The number of hydrogen-bond acceptors (Lipinski definition) is 3. The first kappa shape index (κ1) is 16.0. The molecular weight excluding hydrogens is 324 g/mol. The number of aromatic amines is 1. The Kier molecular flexibility index (Phi) is 4.48. The van der Waals surface area contributed by atoms with E-state index in [4.69, 9.17) is 0 Å². The maximum absolute atomic E-state index is 13.1. The van der Waals surface area contributed by atoms with Crippen LogP contribution in [0, 0.1) is 0 Å². The average Bonchev–Trinajstić information content (AvgIpc) is 2.61. The number of para-hydroxylation sites is 1. The predicted molar refractivity (Wildman–Crippen MR) is 93.3 cm³/mol. The quantitative estimate of drug-likeness (QED) is 0.776. The van der Waals surface area contributed by atoms with Gasteiger partial charge in [0.2, 0.25) is 5.56 Å². The van der Waals surface area contributed by atoms with Crippen molar-refractivity contribution in [3.8, 4) is 0 Å². The molecule has 1 heterocycles. The third-order valence-corrected chi connectivity index (χ3v) is 5.33. The van der Waals surface area contributed by atoms with Gasteiger partial charge in [-0.25, -0.2) is 8.42 Å². The van der Waals surface area contributed by atoms with Crippen LogP contribution in [0.4, 0.5) is 5.69 Å². The molecule has 0 saturated carbocycles. The Labute approximate surface area is 140 Å². The van der Waals surface area contributed by atoms with Crippen LogP contribution in [-0.2, 0) is 16.6 Å². The van der Waals surface area contributed by atoms with Gasteiger partial charge in [-0.1, -0.05) is 48.5 Å². The molecule has 0 radical (unpaired) electrons. The molecule has 0 aliphatic heterocycles. The number of anilines is 1. The average molecular weight is 340 g/mol. The summed E-state index contributed by atoms with van der Waals surface area (Å²) in [6, 6.07) is 20.8. The summed E-state index contributed by atoms with van der Waals surface area (Å²) in [4.78, 5) is 13.7. The van der Waals surface area contributed by atoms with Crippen LogP contribution < -0.4 is 9.86 Å². The lowest BCUT2D eigenvalue weighted by Crippen LogP contribution is -2.31. The number of nitrogens with one attached hydrogen (secondary N) is 1. The molecule has 1 N–H and O–H groups in total. The van der Waals surface area contributed by atoms with Crippen molar-refractivity contribution in [1.82, 2.24) is 4.98 Å². The largest absolute Gasteiger partial charge is 0.328 e. The van der Waals surface area contributed by atoms with Crippen LogP contribution in [-0.4, -0.2) is 13.4 Å². The van der Waals surface area contributed by atoms with E-state index >= 15 is 0 Å². The predicted octanol–water partition coefficient (Wildman–Crippen LogP) is 2.77. The van der Waals surface area contributed by atoms with Gasteiger partial charge in [-0.3, -0.25) is 9.10 Å². The number of sulfonamides is 1. The second-order valence-corrected chi connectivity index (χ2v) is 7.08. The Morgan fingerprint density at radius 2 is 1.46 bits per heavy atom. The van der Waals surface area contributed by atoms with Crippen molar-refractivity contribution in [2.45, 2.75) is 11.4 Å². The molecule has 0 unspecified atom stereocenters. The van der Waals surface area contributed by atoms with E-state index in [1.165, 1.54) is 22.6 Å². The van der Waals surface area contributed by atoms with Gasteiger partial charge < -0.3 is 4.98 Å². The van der Waals surface area contributed by atoms with Crippen LogP contribution in [0.5, 0.6) is 0 Å². The molecule has 122 valence electrons. The lowest BCUT2D eigenvalue weighted by Gasteiger charge is -2.24. The first-order valence-electron chi connectivity index (χ1n) is 7.38. The number of aromatic nitrogens is 1. The molecule has 0 aliphatic rings. The molecule has 0 aliphatic carbocycles. The second kappa shape index (κ2) is 6.72. The van der Waals surface area contributed by atoms with Crippen molar-refractivity contribution in [2.24, 2.45) is 0 Å². The highest BCUT2D eigenvalue weighted by Gasteiger charge is 2.25. The molecule has 0 atom stereocenters. The lowest BCUT2D eigenvalue weighted by atomic mass is 10.2. The lowest BCUT2D eigenvalue weighted by molar-refractivity contribution is 0.590. The van der Waals surface area contributed by atoms with Crippen molar-refractivity contribution in [3.05, 3.63) is 94.9 Å². The Balaban J connectivity index is 2.07. The number of benzene rings is 2. The number of pyridine rings is 1. The molecule has 1 aromatic heterocycles. The van der Waals surface area contributed by atoms with E-state index in [0.29, 0.717) is 5.69 Å². The molecule has 0 saturated heterocycles. The van der Waals surface area contributed by atoms with Crippen LogP contribution in [0.1, 0.15) is 5.56 Å². The van der Waals surface area contributed by atoms with Gasteiger partial charge in [0.15, 0.2) is 0 Å². The molecule has 5 nitrogen and oxygen atoms in total. The van der Waals surface area contributed by atoms with Crippen LogP contribution in [0.2, 0.25) is 0 Å². The molecule has 3 aromatic rings. The summed E-state index contributed by atoms with van der Waals surface area (Å²) in [6.07, 6.45) is 1.22. The molecule has 24 heavy (non-hydrogen) atoms. The summed E-state index contributed by atoms with van der Waals surface area (Å²) in [5, 5.41) is 0. The minimum Gasteiger partial charge on any atom is -0.328 e. The monoisotopic (exact) mass is 340 g/mol. The van der Waals surface area contributed by atoms with E-state index in [9.17, 15) is 13.2 Å². The van der Waals surface area contributed by atoms with Crippen LogP contribution in [0.3, 0.4) is 0 Å². The van der Waals surface area contributed by atoms with Gasteiger partial charge in [0.1, 0.15) is 4.90 Å². The zero-order valence-corrected chi connectivity index (χ0v) is 13.6. The van der Waals surface area contributed by atoms with E-state index in [2.05, 4.69) is 4.98 Å². The maximum atomic E-state index is 13.1. The molecule has 3 rings (SSSR count). The van der Waals surface area contributed by atoms with Crippen molar-refractivity contribution < 1.29 is 8.42 Å². The molecule has 0 bridgehead atoms. The SMILES string of the molecule is O=c1ccc(S(=O)(=O)N(Cc2ccccc2)c2ccccc2)c[nH]1. The molecule has 0 fully saturated rings. The first-order chi connectivity index (χ1) is 11.6. The van der Waals surface area contributed by atoms with E-state index in [0.717, 1.165) is 5.56 Å². The van der Waals surface area contributed by atoms with Gasteiger partial charge in [-0.2, -0.15) is 0 Å². The maximum Gasteiger partial charge on any atom is 0.266 e. The van der Waals surface area contributed by atoms with Crippen LogP contribution in [0.15, 0.2) is 88.7 Å². The smallest absolute Gasteiger partial charge is 0.266 e. The summed E-state index contributed by atoms with van der Waals surface area (Å²) in [6.45, 7) is 0.201. The number of nitrogens with zero attached hydrogens (tertiary/aromatic N) is 1. The zero-order valence-electron chi connectivity index (χ0n) is 12.8. The van der Waals surface area contributed by atoms with Crippen LogP contribution >= 0.6 is 0 Å². The van der Waals surface area contributed by atoms with E-state index in [-0.39, 0.29) is 17.0 Å². The molecule has 0 amide bonds. The van der Waals surface area contributed by atoms with Crippen molar-refractivity contribution in [2.75, 3.05) is 4.31 Å². The Bertz CT molecular complexity index is 947. The minimum atomic E-state index is -3.81. The standard InChI is InChI=1S/C18H16N2O3S/c21-18-12-11-17(13-19-18)24(22,23)20(16-9-5-2-6-10-16)14-15-7-3-1-4-8-15/h1-13H,14H2,(H,19,21). The summed E-state index contributed by atoms with van der Waals surface area (Å²) in [5.74, 6) is 0. The Morgan fingerprint density at radius 3 is 2.04 bits per heavy atom. The Hall–Kier alpha value is -2.86. The van der Waals surface area contributed by atoms with Gasteiger partial charge in [0.25, 0.3) is 10.0 Å².